The molecule has 1 aliphatic rings. The Bertz CT molecular complexity index is 865. The van der Waals surface area contributed by atoms with Gasteiger partial charge < -0.3 is 5.32 Å². The zero-order valence-corrected chi connectivity index (χ0v) is 14.9. The first-order valence-corrected chi connectivity index (χ1v) is 8.92. The van der Waals surface area contributed by atoms with E-state index < -0.39 is 0 Å². The highest BCUT2D eigenvalue weighted by molar-refractivity contribution is 6.03. The fraction of sp³-hybridized carbons (Fsp3) is 0.190. The van der Waals surface area contributed by atoms with E-state index in [1.807, 2.05) is 36.5 Å². The molecule has 6 nitrogen and oxygen atoms in total. The molecule has 3 aromatic rings. The normalized spacial score (nSPS) is 16.2. The van der Waals surface area contributed by atoms with Crippen molar-refractivity contribution < 1.29 is 0 Å². The SMILES string of the molecule is c1cncc(CC2=NC(Cc3ccncc3)N=C(Cc3ccncc3)N2)c1. The molecule has 1 atom stereocenters. The smallest absolute Gasteiger partial charge is 0.147 e. The average Bonchev–Trinajstić information content (AvgIpc) is 2.70. The Morgan fingerprint density at radius 1 is 0.667 bits per heavy atom. The van der Waals surface area contributed by atoms with Crippen LogP contribution in [0.15, 0.2) is 83.6 Å². The van der Waals surface area contributed by atoms with Gasteiger partial charge in [-0.05, 0) is 47.0 Å². The molecule has 0 radical (unpaired) electrons. The number of nitrogens with zero attached hydrogens (tertiary/aromatic N) is 5. The van der Waals surface area contributed by atoms with Crippen LogP contribution in [0.4, 0.5) is 0 Å². The molecule has 27 heavy (non-hydrogen) atoms. The van der Waals surface area contributed by atoms with Crippen LogP contribution in [0.1, 0.15) is 16.7 Å². The Kier molecular flexibility index (Phi) is 5.24. The zero-order chi connectivity index (χ0) is 18.3. The second-order valence-corrected chi connectivity index (χ2v) is 6.39. The molecule has 1 aliphatic heterocycles. The van der Waals surface area contributed by atoms with E-state index >= 15 is 0 Å². The number of hydrogen-bond acceptors (Lipinski definition) is 6. The average molecular weight is 356 g/mol. The van der Waals surface area contributed by atoms with Crippen LogP contribution in [-0.2, 0) is 19.3 Å². The van der Waals surface area contributed by atoms with Gasteiger partial charge in [-0.2, -0.15) is 0 Å². The van der Waals surface area contributed by atoms with Crippen molar-refractivity contribution in [1.29, 1.82) is 0 Å². The minimum Gasteiger partial charge on any atom is -0.332 e. The number of pyridine rings is 3. The fourth-order valence-corrected chi connectivity index (χ4v) is 3.01. The van der Waals surface area contributed by atoms with Gasteiger partial charge in [0.2, 0.25) is 0 Å². The molecule has 0 bridgehead atoms. The third-order valence-electron chi connectivity index (χ3n) is 4.28. The van der Waals surface area contributed by atoms with Crippen LogP contribution >= 0.6 is 0 Å². The van der Waals surface area contributed by atoms with Crippen molar-refractivity contribution >= 4 is 11.7 Å². The Hall–Kier alpha value is -3.41. The quantitative estimate of drug-likeness (QED) is 0.737. The summed E-state index contributed by atoms with van der Waals surface area (Å²) in [7, 11) is 0. The van der Waals surface area contributed by atoms with E-state index in [9.17, 15) is 0 Å². The maximum Gasteiger partial charge on any atom is 0.147 e. The minimum atomic E-state index is -0.142. The highest BCUT2D eigenvalue weighted by Crippen LogP contribution is 2.12. The predicted octanol–water partition coefficient (Wildman–Crippen LogP) is 2.63. The van der Waals surface area contributed by atoms with Crippen LogP contribution in [0.25, 0.3) is 0 Å². The second-order valence-electron chi connectivity index (χ2n) is 6.39. The van der Waals surface area contributed by atoms with E-state index in [0.29, 0.717) is 6.42 Å². The topological polar surface area (TPSA) is 75.4 Å². The van der Waals surface area contributed by atoms with E-state index in [0.717, 1.165) is 30.1 Å². The van der Waals surface area contributed by atoms with Crippen molar-refractivity contribution in [2.45, 2.75) is 25.4 Å². The number of aromatic nitrogens is 3. The molecular weight excluding hydrogens is 336 g/mol. The summed E-state index contributed by atoms with van der Waals surface area (Å²) in [6.07, 6.45) is 12.9. The highest BCUT2D eigenvalue weighted by atomic mass is 15.2. The molecule has 0 amide bonds. The number of aliphatic imine (C=N–C) groups is 2. The summed E-state index contributed by atoms with van der Waals surface area (Å²) in [4.78, 5) is 22.0. The number of nitrogens with one attached hydrogen (secondary N) is 1. The third kappa shape index (κ3) is 4.82. The van der Waals surface area contributed by atoms with Gasteiger partial charge in [0.25, 0.3) is 0 Å². The van der Waals surface area contributed by atoms with Crippen molar-refractivity contribution in [1.82, 2.24) is 20.3 Å². The number of amidine groups is 2. The maximum atomic E-state index is 4.83. The van der Waals surface area contributed by atoms with Gasteiger partial charge in [-0.3, -0.25) is 15.0 Å². The molecule has 3 aromatic heterocycles. The van der Waals surface area contributed by atoms with Gasteiger partial charge >= 0.3 is 0 Å². The lowest BCUT2D eigenvalue weighted by Crippen LogP contribution is -2.39. The molecule has 1 N–H and O–H groups in total. The van der Waals surface area contributed by atoms with Gasteiger partial charge in [-0.1, -0.05) is 6.07 Å². The van der Waals surface area contributed by atoms with Gasteiger partial charge in [-0.15, -0.1) is 0 Å². The van der Waals surface area contributed by atoms with Crippen molar-refractivity contribution in [2.75, 3.05) is 0 Å². The molecule has 6 heteroatoms. The first kappa shape index (κ1) is 17.0. The van der Waals surface area contributed by atoms with Crippen LogP contribution in [0.5, 0.6) is 0 Å². The first-order chi connectivity index (χ1) is 13.3. The summed E-state index contributed by atoms with van der Waals surface area (Å²) in [6.45, 7) is 0. The van der Waals surface area contributed by atoms with Crippen molar-refractivity contribution in [3.63, 3.8) is 0 Å². The van der Waals surface area contributed by atoms with Crippen LogP contribution in [0, 0.1) is 0 Å². The van der Waals surface area contributed by atoms with E-state index in [-0.39, 0.29) is 6.17 Å². The lowest BCUT2D eigenvalue weighted by atomic mass is 10.1. The summed E-state index contributed by atoms with van der Waals surface area (Å²) < 4.78 is 0. The highest BCUT2D eigenvalue weighted by Gasteiger charge is 2.18. The van der Waals surface area contributed by atoms with Crippen LogP contribution < -0.4 is 5.32 Å². The Balaban J connectivity index is 1.55. The second kappa shape index (κ2) is 8.31. The standard InChI is InChI=1S/C21H20N6/c1-2-18(15-24-7-1)14-21-26-19(12-16-3-8-22-9-4-16)25-20(27-21)13-17-5-10-23-11-6-17/h1-11,15,19H,12-14H2,(H,25,26,27). The minimum absolute atomic E-state index is 0.142. The molecular formula is C21H20N6. The van der Waals surface area contributed by atoms with Crippen LogP contribution in [0.3, 0.4) is 0 Å². The summed E-state index contributed by atoms with van der Waals surface area (Å²) in [5, 5.41) is 3.41. The molecule has 0 saturated heterocycles. The lowest BCUT2D eigenvalue weighted by molar-refractivity contribution is 0.684. The maximum absolute atomic E-state index is 4.83. The van der Waals surface area contributed by atoms with Crippen LogP contribution in [-0.4, -0.2) is 32.8 Å². The molecule has 0 aliphatic carbocycles. The van der Waals surface area contributed by atoms with Crippen LogP contribution in [0.2, 0.25) is 0 Å². The van der Waals surface area contributed by atoms with Crippen molar-refractivity contribution in [2.24, 2.45) is 9.98 Å². The van der Waals surface area contributed by atoms with Gasteiger partial charge in [0.05, 0.1) is 0 Å². The van der Waals surface area contributed by atoms with E-state index in [1.165, 1.54) is 11.1 Å². The molecule has 134 valence electrons. The summed E-state index contributed by atoms with van der Waals surface area (Å²) in [5.74, 6) is 1.84. The molecule has 0 aromatic carbocycles. The summed E-state index contributed by atoms with van der Waals surface area (Å²) >= 11 is 0. The van der Waals surface area contributed by atoms with E-state index in [1.54, 1.807) is 31.0 Å². The molecule has 1 unspecified atom stereocenters. The van der Waals surface area contributed by atoms with Gasteiger partial charge in [0.1, 0.15) is 17.8 Å². The first-order valence-electron chi connectivity index (χ1n) is 8.92. The lowest BCUT2D eigenvalue weighted by Gasteiger charge is -2.22. The zero-order valence-electron chi connectivity index (χ0n) is 14.9. The molecule has 0 fully saturated rings. The fourth-order valence-electron chi connectivity index (χ4n) is 3.01. The Labute approximate surface area is 158 Å². The van der Waals surface area contributed by atoms with Gasteiger partial charge in [0, 0.05) is 56.4 Å². The predicted molar refractivity (Wildman–Crippen MR) is 106 cm³/mol. The van der Waals surface area contributed by atoms with E-state index in [4.69, 9.17) is 9.98 Å². The third-order valence-corrected chi connectivity index (χ3v) is 4.28. The van der Waals surface area contributed by atoms with E-state index in [2.05, 4.69) is 26.3 Å². The summed E-state index contributed by atoms with van der Waals surface area (Å²) in [5.41, 5.74) is 3.46. The van der Waals surface area contributed by atoms with Gasteiger partial charge in [-0.25, -0.2) is 9.98 Å². The number of rotatable bonds is 6. The molecule has 4 rings (SSSR count). The summed E-state index contributed by atoms with van der Waals surface area (Å²) in [6, 6.07) is 12.0. The Morgan fingerprint density at radius 3 is 1.93 bits per heavy atom. The molecule has 0 spiro atoms. The number of hydrogen-bond donors (Lipinski definition) is 1. The van der Waals surface area contributed by atoms with Gasteiger partial charge in [0.15, 0.2) is 0 Å². The molecule has 0 saturated carbocycles. The van der Waals surface area contributed by atoms with Crippen molar-refractivity contribution in [3.8, 4) is 0 Å². The Morgan fingerprint density at radius 2 is 1.30 bits per heavy atom. The largest absolute Gasteiger partial charge is 0.332 e. The van der Waals surface area contributed by atoms with Crippen molar-refractivity contribution in [3.05, 3.63) is 90.3 Å². The monoisotopic (exact) mass is 356 g/mol. The molecule has 4 heterocycles.